The summed E-state index contributed by atoms with van der Waals surface area (Å²) in [5, 5.41) is 9.31. The minimum Gasteiger partial charge on any atom is -0.335 e. The molecule has 1 saturated heterocycles. The van der Waals surface area contributed by atoms with Crippen molar-refractivity contribution in [2.45, 2.75) is 50.0 Å². The van der Waals surface area contributed by atoms with Crippen LogP contribution in [0.25, 0.3) is 11.4 Å². The van der Waals surface area contributed by atoms with Gasteiger partial charge in [0.15, 0.2) is 20.8 Å². The van der Waals surface area contributed by atoms with Crippen LogP contribution in [-0.2, 0) is 21.2 Å². The van der Waals surface area contributed by atoms with Crippen LogP contribution < -0.4 is 0 Å². The minimum absolute atomic E-state index is 0.00140. The van der Waals surface area contributed by atoms with E-state index in [-0.39, 0.29) is 35.2 Å². The smallest absolute Gasteiger partial charge is 0.233 e. The first kappa shape index (κ1) is 19.4. The van der Waals surface area contributed by atoms with Crippen LogP contribution in [0.3, 0.4) is 0 Å². The summed E-state index contributed by atoms with van der Waals surface area (Å²) in [5.41, 5.74) is 0.991. The predicted molar refractivity (Wildman–Crippen MR) is 109 cm³/mol. The summed E-state index contributed by atoms with van der Waals surface area (Å²) in [7, 11) is -3.01. The summed E-state index contributed by atoms with van der Waals surface area (Å²) in [4.78, 5) is 14.8. The molecule has 2 aromatic rings. The fourth-order valence-corrected chi connectivity index (χ4v) is 6.32. The largest absolute Gasteiger partial charge is 0.335 e. The number of rotatable bonds is 7. The third-order valence-electron chi connectivity index (χ3n) is 5.22. The van der Waals surface area contributed by atoms with Crippen LogP contribution >= 0.6 is 11.8 Å². The lowest BCUT2D eigenvalue weighted by Crippen LogP contribution is -2.43. The van der Waals surface area contributed by atoms with Gasteiger partial charge in [-0.2, -0.15) is 0 Å². The van der Waals surface area contributed by atoms with Crippen LogP contribution in [-0.4, -0.2) is 63.3 Å². The van der Waals surface area contributed by atoms with Crippen LogP contribution in [0.15, 0.2) is 35.5 Å². The molecule has 28 heavy (non-hydrogen) atoms. The number of thioether (sulfide) groups is 1. The molecule has 1 aromatic carbocycles. The standard InChI is InChI=1S/C19H24N4O3S2/c1-2-22-18(14-6-4-3-5-7-14)20-21-19(22)27-12-17(24)23(15-8-9-15)16-10-11-28(25,26)13-16/h3-7,15-16H,2,8-13H2,1H3/t16-/m1/s1. The van der Waals surface area contributed by atoms with E-state index in [0.717, 1.165) is 24.2 Å². The van der Waals surface area contributed by atoms with E-state index in [1.54, 1.807) is 0 Å². The molecule has 1 amide bonds. The fourth-order valence-electron chi connectivity index (χ4n) is 3.74. The summed E-state index contributed by atoms with van der Waals surface area (Å²) in [6.45, 7) is 2.74. The van der Waals surface area contributed by atoms with E-state index in [2.05, 4.69) is 10.2 Å². The third-order valence-corrected chi connectivity index (χ3v) is 7.92. The lowest BCUT2D eigenvalue weighted by atomic mass is 10.2. The maximum Gasteiger partial charge on any atom is 0.233 e. The average Bonchev–Trinajstić information content (AvgIpc) is 3.32. The summed E-state index contributed by atoms with van der Waals surface area (Å²) in [6.07, 6.45) is 2.49. The van der Waals surface area contributed by atoms with Crippen LogP contribution in [0.4, 0.5) is 0 Å². The van der Waals surface area contributed by atoms with Crippen molar-refractivity contribution in [1.29, 1.82) is 0 Å². The summed E-state index contributed by atoms with van der Waals surface area (Å²) in [5.74, 6) is 1.33. The van der Waals surface area contributed by atoms with Gasteiger partial charge in [0.05, 0.1) is 17.3 Å². The Labute approximate surface area is 169 Å². The monoisotopic (exact) mass is 420 g/mol. The number of aromatic nitrogens is 3. The zero-order chi connectivity index (χ0) is 19.7. The highest BCUT2D eigenvalue weighted by molar-refractivity contribution is 7.99. The maximum absolute atomic E-state index is 12.9. The number of nitrogens with zero attached hydrogens (tertiary/aromatic N) is 4. The molecule has 1 aliphatic carbocycles. The number of benzene rings is 1. The number of carbonyl (C=O) groups excluding carboxylic acids is 1. The molecule has 0 radical (unpaired) electrons. The first-order valence-corrected chi connectivity index (χ1v) is 12.4. The molecule has 2 fully saturated rings. The van der Waals surface area contributed by atoms with Gasteiger partial charge in [-0.25, -0.2) is 8.42 Å². The Balaban J connectivity index is 1.46. The van der Waals surface area contributed by atoms with E-state index >= 15 is 0 Å². The van der Waals surface area contributed by atoms with Crippen molar-refractivity contribution in [2.24, 2.45) is 0 Å². The molecule has 150 valence electrons. The maximum atomic E-state index is 12.9. The van der Waals surface area contributed by atoms with Crippen molar-refractivity contribution in [1.82, 2.24) is 19.7 Å². The Kier molecular flexibility index (Phi) is 5.46. The van der Waals surface area contributed by atoms with E-state index < -0.39 is 9.84 Å². The molecule has 2 aliphatic rings. The van der Waals surface area contributed by atoms with Crippen molar-refractivity contribution in [2.75, 3.05) is 17.3 Å². The second kappa shape index (κ2) is 7.87. The molecule has 1 atom stereocenters. The quantitative estimate of drug-likeness (QED) is 0.639. The molecule has 0 unspecified atom stereocenters. The molecule has 1 aliphatic heterocycles. The van der Waals surface area contributed by atoms with E-state index in [4.69, 9.17) is 0 Å². The number of carbonyl (C=O) groups is 1. The first-order valence-electron chi connectivity index (χ1n) is 9.61. The molecule has 0 N–H and O–H groups in total. The fraction of sp³-hybridized carbons (Fsp3) is 0.526. The average molecular weight is 421 g/mol. The number of amides is 1. The lowest BCUT2D eigenvalue weighted by Gasteiger charge is -2.28. The van der Waals surface area contributed by atoms with Gasteiger partial charge in [-0.15, -0.1) is 10.2 Å². The number of sulfone groups is 1. The Morgan fingerprint density at radius 3 is 2.54 bits per heavy atom. The molecule has 1 aromatic heterocycles. The van der Waals surface area contributed by atoms with Gasteiger partial charge in [0.1, 0.15) is 0 Å². The summed E-state index contributed by atoms with van der Waals surface area (Å²) in [6, 6.07) is 9.90. The lowest BCUT2D eigenvalue weighted by molar-refractivity contribution is -0.130. The van der Waals surface area contributed by atoms with Crippen molar-refractivity contribution < 1.29 is 13.2 Å². The second-order valence-corrected chi connectivity index (χ2v) is 10.5. The molecule has 4 rings (SSSR count). The van der Waals surface area contributed by atoms with Gasteiger partial charge in [-0.3, -0.25) is 4.79 Å². The molecule has 0 spiro atoms. The summed E-state index contributed by atoms with van der Waals surface area (Å²) >= 11 is 1.38. The van der Waals surface area contributed by atoms with Gasteiger partial charge in [0.2, 0.25) is 5.91 Å². The Morgan fingerprint density at radius 1 is 1.18 bits per heavy atom. The Morgan fingerprint density at radius 2 is 1.93 bits per heavy atom. The van der Waals surface area contributed by atoms with E-state index in [1.165, 1.54) is 11.8 Å². The highest BCUT2D eigenvalue weighted by Gasteiger charge is 2.42. The summed E-state index contributed by atoms with van der Waals surface area (Å²) < 4.78 is 25.7. The molecule has 1 saturated carbocycles. The first-order chi connectivity index (χ1) is 13.5. The van der Waals surface area contributed by atoms with Crippen molar-refractivity contribution in [3.8, 4) is 11.4 Å². The van der Waals surface area contributed by atoms with Gasteiger partial charge in [0, 0.05) is 24.2 Å². The van der Waals surface area contributed by atoms with Crippen LogP contribution in [0.5, 0.6) is 0 Å². The van der Waals surface area contributed by atoms with Crippen molar-refractivity contribution in [3.05, 3.63) is 30.3 Å². The van der Waals surface area contributed by atoms with Crippen LogP contribution in [0.1, 0.15) is 26.2 Å². The highest BCUT2D eigenvalue weighted by atomic mass is 32.2. The number of hydrogen-bond donors (Lipinski definition) is 0. The van der Waals surface area contributed by atoms with E-state index in [1.807, 2.05) is 46.7 Å². The molecular formula is C19H24N4O3S2. The van der Waals surface area contributed by atoms with Crippen LogP contribution in [0, 0.1) is 0 Å². The van der Waals surface area contributed by atoms with E-state index in [0.29, 0.717) is 18.1 Å². The van der Waals surface area contributed by atoms with Crippen LogP contribution in [0.2, 0.25) is 0 Å². The Hall–Kier alpha value is -1.87. The zero-order valence-electron chi connectivity index (χ0n) is 15.8. The van der Waals surface area contributed by atoms with E-state index in [9.17, 15) is 13.2 Å². The van der Waals surface area contributed by atoms with Gasteiger partial charge >= 0.3 is 0 Å². The molecule has 2 heterocycles. The zero-order valence-corrected chi connectivity index (χ0v) is 17.5. The SMILES string of the molecule is CCn1c(SCC(=O)N(C2CC2)[C@@H]2CCS(=O)(=O)C2)nnc1-c1ccccc1. The van der Waals surface area contributed by atoms with Crippen molar-refractivity contribution >= 4 is 27.5 Å². The molecule has 7 nitrogen and oxygen atoms in total. The Bertz CT molecular complexity index is 955. The predicted octanol–water partition coefficient (Wildman–Crippen LogP) is 2.24. The van der Waals surface area contributed by atoms with Crippen molar-refractivity contribution in [3.63, 3.8) is 0 Å². The van der Waals surface area contributed by atoms with Gasteiger partial charge in [-0.1, -0.05) is 42.1 Å². The molecular weight excluding hydrogens is 396 g/mol. The number of hydrogen-bond acceptors (Lipinski definition) is 6. The minimum atomic E-state index is -3.01. The third kappa shape index (κ3) is 4.10. The highest BCUT2D eigenvalue weighted by Crippen LogP contribution is 2.33. The molecule has 0 bridgehead atoms. The normalized spacial score (nSPS) is 21.0. The van der Waals surface area contributed by atoms with Gasteiger partial charge in [-0.05, 0) is 26.2 Å². The molecule has 9 heteroatoms. The van der Waals surface area contributed by atoms with Gasteiger partial charge in [0.25, 0.3) is 0 Å². The van der Waals surface area contributed by atoms with Gasteiger partial charge < -0.3 is 9.47 Å². The second-order valence-electron chi connectivity index (χ2n) is 7.29. The topological polar surface area (TPSA) is 85.2 Å².